The van der Waals surface area contributed by atoms with Crippen LogP contribution in [-0.4, -0.2) is 24.5 Å². The molecule has 18 heavy (non-hydrogen) atoms. The lowest BCUT2D eigenvalue weighted by atomic mass is 10.3. The van der Waals surface area contributed by atoms with Gasteiger partial charge in [-0.1, -0.05) is 12.1 Å². The first kappa shape index (κ1) is 13.8. The minimum absolute atomic E-state index is 0.0333. The Bertz CT molecular complexity index is 643. The SMILES string of the molecule is CC(=O)/C(C#N)=N\Nc1ccccc1S(=O)(=O)O. The van der Waals surface area contributed by atoms with Crippen LogP contribution in [-0.2, 0) is 14.9 Å². The quantitative estimate of drug-likeness (QED) is 0.473. The lowest BCUT2D eigenvalue weighted by Gasteiger charge is -2.05. The van der Waals surface area contributed by atoms with Crippen molar-refractivity contribution < 1.29 is 17.8 Å². The third-order valence-electron chi connectivity index (χ3n) is 1.89. The minimum Gasteiger partial charge on any atom is -0.292 e. The number of carbonyl (C=O) groups excluding carboxylic acids is 1. The van der Waals surface area contributed by atoms with Gasteiger partial charge in [0, 0.05) is 6.92 Å². The van der Waals surface area contributed by atoms with E-state index in [9.17, 15) is 13.2 Å². The van der Waals surface area contributed by atoms with Gasteiger partial charge in [0.15, 0.2) is 5.78 Å². The van der Waals surface area contributed by atoms with Gasteiger partial charge in [-0.05, 0) is 12.1 Å². The van der Waals surface area contributed by atoms with Crippen LogP contribution in [0.1, 0.15) is 6.92 Å². The molecule has 0 aliphatic carbocycles. The summed E-state index contributed by atoms with van der Waals surface area (Å²) in [6.45, 7) is 1.15. The zero-order valence-electron chi connectivity index (χ0n) is 9.28. The van der Waals surface area contributed by atoms with Crippen LogP contribution >= 0.6 is 0 Å². The van der Waals surface area contributed by atoms with Crippen LogP contribution in [0, 0.1) is 11.3 Å². The highest BCUT2D eigenvalue weighted by Crippen LogP contribution is 2.20. The number of anilines is 1. The molecule has 0 saturated heterocycles. The topological polar surface area (TPSA) is 120 Å². The Kier molecular flexibility index (Phi) is 4.14. The van der Waals surface area contributed by atoms with Gasteiger partial charge in [0.05, 0.1) is 5.69 Å². The van der Waals surface area contributed by atoms with Crippen LogP contribution in [0.4, 0.5) is 5.69 Å². The van der Waals surface area contributed by atoms with Gasteiger partial charge in [0.2, 0.25) is 5.71 Å². The summed E-state index contributed by atoms with van der Waals surface area (Å²) in [7, 11) is -4.41. The number of rotatable bonds is 4. The second kappa shape index (κ2) is 5.39. The Morgan fingerprint density at radius 1 is 1.44 bits per heavy atom. The smallest absolute Gasteiger partial charge is 0.292 e. The van der Waals surface area contributed by atoms with Crippen LogP contribution in [0.15, 0.2) is 34.3 Å². The molecule has 0 saturated carbocycles. The second-order valence-corrected chi connectivity index (χ2v) is 4.60. The van der Waals surface area contributed by atoms with Crippen LogP contribution < -0.4 is 5.43 Å². The van der Waals surface area contributed by atoms with Gasteiger partial charge in [-0.2, -0.15) is 18.8 Å². The van der Waals surface area contributed by atoms with Gasteiger partial charge in [-0.3, -0.25) is 14.8 Å². The molecular formula is C10H9N3O4S. The summed E-state index contributed by atoms with van der Waals surface area (Å²) in [5.74, 6) is -0.561. The molecule has 0 radical (unpaired) electrons. The van der Waals surface area contributed by atoms with E-state index in [4.69, 9.17) is 9.81 Å². The predicted octanol–water partition coefficient (Wildman–Crippen LogP) is 0.814. The lowest BCUT2D eigenvalue weighted by Crippen LogP contribution is -2.10. The number of nitrogens with one attached hydrogen (secondary N) is 1. The van der Waals surface area contributed by atoms with Crippen LogP contribution in [0.25, 0.3) is 0 Å². The van der Waals surface area contributed by atoms with E-state index >= 15 is 0 Å². The van der Waals surface area contributed by atoms with Crippen molar-refractivity contribution >= 4 is 27.3 Å². The highest BCUT2D eigenvalue weighted by Gasteiger charge is 2.14. The third kappa shape index (κ3) is 3.38. The zero-order chi connectivity index (χ0) is 13.8. The fourth-order valence-electron chi connectivity index (χ4n) is 1.08. The van der Waals surface area contributed by atoms with E-state index < -0.39 is 26.5 Å². The number of benzene rings is 1. The monoisotopic (exact) mass is 267 g/mol. The molecule has 0 unspecified atom stereocenters. The molecule has 1 aromatic carbocycles. The van der Waals surface area contributed by atoms with Crippen LogP contribution in [0.5, 0.6) is 0 Å². The highest BCUT2D eigenvalue weighted by atomic mass is 32.2. The first-order chi connectivity index (χ1) is 8.36. The summed E-state index contributed by atoms with van der Waals surface area (Å²) in [4.78, 5) is 10.5. The maximum absolute atomic E-state index is 11.0. The van der Waals surface area contributed by atoms with Crippen molar-refractivity contribution in [3.05, 3.63) is 24.3 Å². The standard InChI is InChI=1S/C10H9N3O4S/c1-7(14)9(6-11)13-12-8-4-2-3-5-10(8)18(15,16)17/h2-5,12H,1H3,(H,15,16,17)/b13-9-. The lowest BCUT2D eigenvalue weighted by molar-refractivity contribution is -0.110. The first-order valence-electron chi connectivity index (χ1n) is 4.67. The summed E-state index contributed by atoms with van der Waals surface area (Å²) < 4.78 is 31.0. The Morgan fingerprint density at radius 2 is 2.06 bits per heavy atom. The second-order valence-electron chi connectivity index (χ2n) is 3.21. The van der Waals surface area contributed by atoms with Crippen molar-refractivity contribution in [3.63, 3.8) is 0 Å². The third-order valence-corrected chi connectivity index (χ3v) is 2.80. The van der Waals surface area contributed by atoms with Gasteiger partial charge in [-0.15, -0.1) is 0 Å². The van der Waals surface area contributed by atoms with E-state index in [2.05, 4.69) is 10.5 Å². The summed E-state index contributed by atoms with van der Waals surface area (Å²) in [5.41, 5.74) is 1.82. The number of Topliss-reactive ketones (excluding diaryl/α,β-unsaturated/α-hetero) is 1. The molecule has 7 nitrogen and oxygen atoms in total. The Hall–Kier alpha value is -2.24. The van der Waals surface area contributed by atoms with Crippen molar-refractivity contribution in [1.82, 2.24) is 0 Å². The molecule has 1 aromatic rings. The van der Waals surface area contributed by atoms with Crippen molar-refractivity contribution in [3.8, 4) is 6.07 Å². The maximum Gasteiger partial charge on any atom is 0.296 e. The van der Waals surface area contributed by atoms with Crippen molar-refractivity contribution in [2.75, 3.05) is 5.43 Å². The number of nitrogens with zero attached hydrogens (tertiary/aromatic N) is 2. The number of nitriles is 1. The molecule has 0 bridgehead atoms. The molecule has 0 amide bonds. The fraction of sp³-hybridized carbons (Fsp3) is 0.100. The summed E-state index contributed by atoms with van der Waals surface area (Å²) >= 11 is 0. The molecule has 0 aliphatic rings. The predicted molar refractivity (Wildman–Crippen MR) is 63.6 cm³/mol. The summed E-state index contributed by atoms with van der Waals surface area (Å²) in [6.07, 6.45) is 0. The molecular weight excluding hydrogens is 258 g/mol. The van der Waals surface area contributed by atoms with Crippen LogP contribution in [0.2, 0.25) is 0 Å². The number of ketones is 1. The van der Waals surface area contributed by atoms with E-state index in [1.165, 1.54) is 18.2 Å². The largest absolute Gasteiger partial charge is 0.296 e. The van der Waals surface area contributed by atoms with Gasteiger partial charge in [0.1, 0.15) is 11.0 Å². The van der Waals surface area contributed by atoms with E-state index in [0.29, 0.717) is 0 Å². The molecule has 8 heteroatoms. The van der Waals surface area contributed by atoms with Crippen molar-refractivity contribution in [1.29, 1.82) is 5.26 Å². The molecule has 2 N–H and O–H groups in total. The zero-order valence-corrected chi connectivity index (χ0v) is 10.1. The van der Waals surface area contributed by atoms with Crippen molar-refractivity contribution in [2.24, 2.45) is 5.10 Å². The van der Waals surface area contributed by atoms with E-state index in [0.717, 1.165) is 13.0 Å². The number of hydrazone groups is 1. The maximum atomic E-state index is 11.0. The summed E-state index contributed by atoms with van der Waals surface area (Å²) in [6, 6.07) is 6.97. The normalized spacial score (nSPS) is 11.7. The van der Waals surface area contributed by atoms with Crippen LogP contribution in [0.3, 0.4) is 0 Å². The average Bonchev–Trinajstić information content (AvgIpc) is 2.28. The first-order valence-corrected chi connectivity index (χ1v) is 6.11. The Morgan fingerprint density at radius 3 is 2.56 bits per heavy atom. The van der Waals surface area contributed by atoms with E-state index in [-0.39, 0.29) is 5.69 Å². The molecule has 94 valence electrons. The molecule has 0 fully saturated rings. The minimum atomic E-state index is -4.41. The van der Waals surface area contributed by atoms with Gasteiger partial charge in [0.25, 0.3) is 10.1 Å². The Balaban J connectivity index is 3.15. The summed E-state index contributed by atoms with van der Waals surface area (Å²) in [5, 5.41) is 12.1. The molecule has 0 aromatic heterocycles. The molecule has 0 heterocycles. The van der Waals surface area contributed by atoms with Gasteiger partial charge in [-0.25, -0.2) is 0 Å². The molecule has 0 atom stereocenters. The number of para-hydroxylation sites is 1. The number of hydrogen-bond donors (Lipinski definition) is 2. The Labute approximate surface area is 103 Å². The molecule has 1 rings (SSSR count). The fourth-order valence-corrected chi connectivity index (χ4v) is 1.72. The molecule has 0 aliphatic heterocycles. The van der Waals surface area contributed by atoms with E-state index in [1.54, 1.807) is 6.07 Å². The average molecular weight is 267 g/mol. The van der Waals surface area contributed by atoms with Crippen molar-refractivity contribution in [2.45, 2.75) is 11.8 Å². The van der Waals surface area contributed by atoms with E-state index in [1.807, 2.05) is 0 Å². The number of carbonyl (C=O) groups is 1. The van der Waals surface area contributed by atoms with Gasteiger partial charge < -0.3 is 0 Å². The number of hydrogen-bond acceptors (Lipinski definition) is 6. The molecule has 0 spiro atoms. The highest BCUT2D eigenvalue weighted by molar-refractivity contribution is 7.86. The van der Waals surface area contributed by atoms with Gasteiger partial charge >= 0.3 is 0 Å².